The Morgan fingerprint density at radius 3 is 2.23 bits per heavy atom. The third kappa shape index (κ3) is 17.0. The van der Waals surface area contributed by atoms with E-state index in [-0.39, 0.29) is 75.6 Å². The standard InChI is InChI=1S/C53H68N14O12/c1-29(2)44(65-47(73)37(13-7-19-58-53(55)56)63-46(72)35(54)24-43(70)71)49(75)62-36-12-6-11-32-26-66(50(76)38(61-45(32)36)21-31-15-17-34(68)18-16-31)27-42(69)60-39(23-33-25-57-28-59-33)51(77)67-20-8-14-41(67)48(74)64-40(52(78)79)22-30-9-4-3-5-10-30/h3-6,9-12,15-18,25,28-29,35,37-41,44,61,68H,7-8,13-14,19-24,26-27,54H2,1-2H3,(H,57,59)(H,60,69)(H,62,75)(H,63,72)(H,64,74)(H,65,73)(H,70,71)(H,78,79)(H4,55,56,58)/t35-,37-,38-,39-,40-,41-,44-/m0/s1. The van der Waals surface area contributed by atoms with E-state index in [0.29, 0.717) is 34.5 Å². The number of carboxylic acid groups (broad SMARTS) is 2. The number of phenols is 1. The summed E-state index contributed by atoms with van der Waals surface area (Å²) in [5.74, 6) is -8.28. The molecule has 26 heteroatoms. The van der Waals surface area contributed by atoms with Crippen LogP contribution in [0.4, 0.5) is 11.4 Å². The number of nitrogens with two attached hydrogens (primary N) is 3. The molecular formula is C53H68N14O12. The minimum atomic E-state index is -1.48. The summed E-state index contributed by atoms with van der Waals surface area (Å²) in [5.41, 5.74) is 19.4. The number of carboxylic acids is 2. The lowest BCUT2D eigenvalue weighted by molar-refractivity contribution is -0.145. The zero-order valence-electron chi connectivity index (χ0n) is 43.7. The Hall–Kier alpha value is -9.07. The van der Waals surface area contributed by atoms with Crippen LogP contribution in [0.1, 0.15) is 68.3 Å². The molecule has 1 saturated heterocycles. The molecule has 16 N–H and O–H groups in total. The fourth-order valence-corrected chi connectivity index (χ4v) is 9.27. The van der Waals surface area contributed by atoms with Gasteiger partial charge in [0.15, 0.2) is 5.96 Å². The topological polar surface area (TPSA) is 412 Å². The Kier molecular flexibility index (Phi) is 20.8. The van der Waals surface area contributed by atoms with Crippen molar-refractivity contribution >= 4 is 70.6 Å². The molecule has 0 unspecified atom stereocenters. The molecular weight excluding hydrogens is 1020 g/mol. The molecule has 4 aromatic rings. The number of para-hydroxylation sites is 1. The average molecular weight is 1090 g/mol. The summed E-state index contributed by atoms with van der Waals surface area (Å²) in [6.07, 6.45) is 2.96. The van der Waals surface area contributed by atoms with Gasteiger partial charge >= 0.3 is 11.9 Å². The number of nitrogens with zero attached hydrogens (tertiary/aromatic N) is 4. The molecule has 0 spiro atoms. The van der Waals surface area contributed by atoms with Gasteiger partial charge in [-0.1, -0.05) is 68.4 Å². The highest BCUT2D eigenvalue weighted by atomic mass is 16.4. The molecule has 26 nitrogen and oxygen atoms in total. The molecule has 2 aliphatic rings. The van der Waals surface area contributed by atoms with Crippen LogP contribution in [-0.2, 0) is 69.0 Å². The van der Waals surface area contributed by atoms with Gasteiger partial charge in [-0.3, -0.25) is 43.3 Å². The van der Waals surface area contributed by atoms with Crippen LogP contribution >= 0.6 is 0 Å². The van der Waals surface area contributed by atoms with Gasteiger partial charge in [0, 0.05) is 50.8 Å². The van der Waals surface area contributed by atoms with Gasteiger partial charge in [-0.2, -0.15) is 0 Å². The van der Waals surface area contributed by atoms with Crippen LogP contribution in [0.3, 0.4) is 0 Å². The lowest BCUT2D eigenvalue weighted by Crippen LogP contribution is -2.57. The molecule has 7 amide bonds. The molecule has 79 heavy (non-hydrogen) atoms. The number of carbonyl (C=O) groups is 9. The van der Waals surface area contributed by atoms with Crippen molar-refractivity contribution in [1.82, 2.24) is 41.0 Å². The number of aromatic nitrogens is 2. The normalized spacial score (nSPS) is 16.8. The molecule has 3 heterocycles. The smallest absolute Gasteiger partial charge is 0.326 e. The Bertz CT molecular complexity index is 2850. The minimum Gasteiger partial charge on any atom is -0.508 e. The predicted molar refractivity (Wildman–Crippen MR) is 287 cm³/mol. The van der Waals surface area contributed by atoms with Crippen molar-refractivity contribution in [1.29, 1.82) is 0 Å². The molecule has 1 fully saturated rings. The van der Waals surface area contributed by atoms with Crippen molar-refractivity contribution in [2.45, 2.75) is 114 Å². The maximum Gasteiger partial charge on any atom is 0.326 e. The van der Waals surface area contributed by atoms with Crippen LogP contribution < -0.4 is 49.1 Å². The number of aromatic amines is 1. The second-order valence-electron chi connectivity index (χ2n) is 19.7. The first kappa shape index (κ1) is 59.2. The lowest BCUT2D eigenvalue weighted by Gasteiger charge is -2.30. The van der Waals surface area contributed by atoms with E-state index in [1.807, 2.05) is 0 Å². The zero-order valence-corrected chi connectivity index (χ0v) is 43.7. The number of nitrogens with one attached hydrogen (secondary N) is 7. The number of hydrogen-bond acceptors (Lipinski definition) is 14. The summed E-state index contributed by atoms with van der Waals surface area (Å²) in [5, 5.41) is 45.9. The van der Waals surface area contributed by atoms with Crippen molar-refractivity contribution in [3.63, 3.8) is 0 Å². The van der Waals surface area contributed by atoms with Gasteiger partial charge in [-0.15, -0.1) is 0 Å². The number of aliphatic imine (C=N–C) groups is 1. The number of aromatic hydroxyl groups is 1. The van der Waals surface area contributed by atoms with E-state index < -0.39 is 114 Å². The molecule has 0 bridgehead atoms. The second-order valence-corrected chi connectivity index (χ2v) is 19.7. The first-order chi connectivity index (χ1) is 37.7. The van der Waals surface area contributed by atoms with Crippen LogP contribution in [0.25, 0.3) is 0 Å². The molecule has 2 aliphatic heterocycles. The summed E-state index contributed by atoms with van der Waals surface area (Å²) in [7, 11) is 0. The third-order valence-corrected chi connectivity index (χ3v) is 13.3. The Labute approximate surface area is 454 Å². The van der Waals surface area contributed by atoms with Gasteiger partial charge in [0.1, 0.15) is 42.0 Å². The number of rotatable bonds is 26. The van der Waals surface area contributed by atoms with E-state index >= 15 is 0 Å². The lowest BCUT2D eigenvalue weighted by atomic mass is 10.0. The number of amides is 7. The maximum atomic E-state index is 14.7. The maximum absolute atomic E-state index is 14.7. The molecule has 422 valence electrons. The minimum absolute atomic E-state index is 0.00608. The van der Waals surface area contributed by atoms with Crippen molar-refractivity contribution in [2.24, 2.45) is 28.1 Å². The highest BCUT2D eigenvalue weighted by molar-refractivity contribution is 6.02. The summed E-state index contributed by atoms with van der Waals surface area (Å²) >= 11 is 0. The first-order valence-corrected chi connectivity index (χ1v) is 25.7. The molecule has 6 rings (SSSR count). The van der Waals surface area contributed by atoms with Crippen molar-refractivity contribution < 1.29 is 58.5 Å². The largest absolute Gasteiger partial charge is 0.508 e. The van der Waals surface area contributed by atoms with E-state index in [1.54, 1.807) is 74.5 Å². The average Bonchev–Trinajstić information content (AvgIpc) is 4.14. The van der Waals surface area contributed by atoms with Gasteiger partial charge in [0.25, 0.3) is 0 Å². The second kappa shape index (κ2) is 27.8. The van der Waals surface area contributed by atoms with E-state index in [9.17, 15) is 58.5 Å². The van der Waals surface area contributed by atoms with Gasteiger partial charge in [0.05, 0.1) is 36.7 Å². The number of hydrogen-bond donors (Lipinski definition) is 13. The van der Waals surface area contributed by atoms with E-state index in [1.165, 1.54) is 34.5 Å². The predicted octanol–water partition coefficient (Wildman–Crippen LogP) is -0.569. The summed E-state index contributed by atoms with van der Waals surface area (Å²) in [4.78, 5) is 135. The molecule has 0 aliphatic carbocycles. The number of likely N-dealkylation sites (tertiary alicyclic amines) is 1. The van der Waals surface area contributed by atoms with Crippen molar-refractivity contribution in [3.05, 3.63) is 108 Å². The number of aliphatic carboxylic acids is 2. The zero-order chi connectivity index (χ0) is 57.3. The number of H-pyrrole nitrogens is 1. The number of phenolic OH excluding ortho intramolecular Hbond substituents is 1. The Morgan fingerprint density at radius 1 is 0.835 bits per heavy atom. The first-order valence-electron chi connectivity index (χ1n) is 25.7. The number of benzene rings is 3. The van der Waals surface area contributed by atoms with Gasteiger partial charge in [-0.25, -0.2) is 9.78 Å². The van der Waals surface area contributed by atoms with Crippen molar-refractivity contribution in [2.75, 3.05) is 30.3 Å². The van der Waals surface area contributed by atoms with E-state index in [4.69, 9.17) is 17.2 Å². The molecule has 1 aromatic heterocycles. The molecule has 3 aromatic carbocycles. The quantitative estimate of drug-likeness (QED) is 0.0213. The van der Waals surface area contributed by atoms with Gasteiger partial charge < -0.3 is 79.2 Å². The fourth-order valence-electron chi connectivity index (χ4n) is 9.27. The third-order valence-electron chi connectivity index (χ3n) is 13.3. The molecule has 7 atom stereocenters. The van der Waals surface area contributed by atoms with Crippen LogP contribution in [-0.4, -0.2) is 156 Å². The highest BCUT2D eigenvalue weighted by Gasteiger charge is 2.40. The number of imidazole rings is 1. The molecule has 0 saturated carbocycles. The summed E-state index contributed by atoms with van der Waals surface area (Å²) < 4.78 is 0. The number of anilines is 2. The van der Waals surface area contributed by atoms with Crippen LogP contribution in [0.15, 0.2) is 90.3 Å². The monoisotopic (exact) mass is 1090 g/mol. The van der Waals surface area contributed by atoms with Crippen LogP contribution in [0, 0.1) is 5.92 Å². The van der Waals surface area contributed by atoms with Crippen LogP contribution in [0.2, 0.25) is 0 Å². The molecule has 0 radical (unpaired) electrons. The van der Waals surface area contributed by atoms with Gasteiger partial charge in [-0.05, 0) is 66.5 Å². The number of carbonyl (C=O) groups excluding carboxylic acids is 7. The van der Waals surface area contributed by atoms with Crippen molar-refractivity contribution in [3.8, 4) is 5.75 Å². The fraction of sp³-hybridized carbons (Fsp3) is 0.415. The van der Waals surface area contributed by atoms with Gasteiger partial charge in [0.2, 0.25) is 41.4 Å². The number of fused-ring (bicyclic) bond motifs is 1. The SMILES string of the molecule is CC(C)[C@H](NC(=O)[C@H](CCCN=C(N)N)NC(=O)[C@@H](N)CC(=O)O)C(=O)Nc1cccc2c1N[C@@H](Cc1ccc(O)cc1)C(=O)N(CC(=O)N[C@@H](Cc1cnc[nH]1)C(=O)N1CCC[C@H]1C(=O)N[C@@H](Cc1ccccc1)C(=O)O)C2. The Balaban J connectivity index is 1.22. The van der Waals surface area contributed by atoms with E-state index in [0.717, 1.165) is 0 Å². The Morgan fingerprint density at radius 2 is 1.57 bits per heavy atom. The highest BCUT2D eigenvalue weighted by Crippen LogP contribution is 2.32. The summed E-state index contributed by atoms with van der Waals surface area (Å²) in [6.45, 7) is 2.84. The number of guanidine groups is 1. The van der Waals surface area contributed by atoms with E-state index in [2.05, 4.69) is 46.9 Å². The summed E-state index contributed by atoms with van der Waals surface area (Å²) in [6, 6.07) is 11.1. The van der Waals surface area contributed by atoms with Crippen LogP contribution in [0.5, 0.6) is 5.75 Å².